The predicted molar refractivity (Wildman–Crippen MR) is 67.1 cm³/mol. The molecule has 0 saturated heterocycles. The standard InChI is InChI=1S/C12H15F2N3O2/c1-2-3-6-19-10-5-4-9(13)8(11(10)14)7-16-17-12(15)18/h4-5,7H,2-3,6H2,1H3,(H3,15,17,18). The predicted octanol–water partition coefficient (Wildman–Crippen LogP) is 2.15. The Morgan fingerprint density at radius 2 is 2.26 bits per heavy atom. The summed E-state index contributed by atoms with van der Waals surface area (Å²) in [7, 11) is 0. The number of urea groups is 1. The summed E-state index contributed by atoms with van der Waals surface area (Å²) in [5.74, 6) is -1.74. The zero-order chi connectivity index (χ0) is 14.3. The smallest absolute Gasteiger partial charge is 0.332 e. The van der Waals surface area contributed by atoms with Crippen molar-refractivity contribution in [1.82, 2.24) is 5.43 Å². The second-order valence-electron chi connectivity index (χ2n) is 3.71. The Balaban J connectivity index is 2.87. The molecule has 5 nitrogen and oxygen atoms in total. The second kappa shape index (κ2) is 7.30. The van der Waals surface area contributed by atoms with E-state index in [-0.39, 0.29) is 5.75 Å². The number of carbonyl (C=O) groups excluding carboxylic acids is 1. The maximum atomic E-state index is 13.9. The number of carbonyl (C=O) groups is 1. The van der Waals surface area contributed by atoms with Crippen LogP contribution in [0.25, 0.3) is 0 Å². The van der Waals surface area contributed by atoms with Gasteiger partial charge in [-0.25, -0.2) is 19.0 Å². The minimum absolute atomic E-state index is 0.0598. The van der Waals surface area contributed by atoms with Gasteiger partial charge in [0.25, 0.3) is 0 Å². The summed E-state index contributed by atoms with van der Waals surface area (Å²) >= 11 is 0. The molecule has 0 saturated carbocycles. The topological polar surface area (TPSA) is 76.7 Å². The van der Waals surface area contributed by atoms with Gasteiger partial charge in [0, 0.05) is 0 Å². The van der Waals surface area contributed by atoms with Crippen LogP contribution in [0.3, 0.4) is 0 Å². The van der Waals surface area contributed by atoms with E-state index in [4.69, 9.17) is 10.5 Å². The first-order valence-electron chi connectivity index (χ1n) is 5.75. The molecule has 0 aliphatic carbocycles. The van der Waals surface area contributed by atoms with Crippen LogP contribution >= 0.6 is 0 Å². The van der Waals surface area contributed by atoms with Crippen molar-refractivity contribution >= 4 is 12.2 Å². The van der Waals surface area contributed by atoms with Crippen LogP contribution in [0.5, 0.6) is 5.75 Å². The number of nitrogens with one attached hydrogen (secondary N) is 1. The van der Waals surface area contributed by atoms with E-state index in [1.54, 1.807) is 0 Å². The molecule has 1 aromatic carbocycles. The van der Waals surface area contributed by atoms with E-state index in [1.807, 2.05) is 12.3 Å². The number of benzene rings is 1. The molecule has 0 fully saturated rings. The molecule has 1 aromatic rings. The van der Waals surface area contributed by atoms with Crippen LogP contribution in [0.4, 0.5) is 13.6 Å². The van der Waals surface area contributed by atoms with Crippen molar-refractivity contribution in [3.63, 3.8) is 0 Å². The average molecular weight is 271 g/mol. The molecule has 2 amide bonds. The lowest BCUT2D eigenvalue weighted by Crippen LogP contribution is -2.24. The number of hydrogen-bond acceptors (Lipinski definition) is 3. The normalized spacial score (nSPS) is 10.7. The molecule has 0 atom stereocenters. The van der Waals surface area contributed by atoms with Gasteiger partial charge in [0.05, 0.1) is 18.4 Å². The molecular formula is C12H15F2N3O2. The first-order valence-corrected chi connectivity index (χ1v) is 5.75. The van der Waals surface area contributed by atoms with E-state index in [1.165, 1.54) is 6.07 Å². The molecule has 0 unspecified atom stereocenters. The van der Waals surface area contributed by atoms with Crippen molar-refractivity contribution in [3.05, 3.63) is 29.3 Å². The van der Waals surface area contributed by atoms with Crippen LogP contribution < -0.4 is 15.9 Å². The van der Waals surface area contributed by atoms with Crippen LogP contribution in [-0.2, 0) is 0 Å². The molecule has 7 heteroatoms. The minimum atomic E-state index is -0.924. The lowest BCUT2D eigenvalue weighted by molar-refractivity contribution is 0.249. The third-order valence-corrected chi connectivity index (χ3v) is 2.21. The number of unbranched alkanes of at least 4 members (excludes halogenated alkanes) is 1. The molecule has 0 bridgehead atoms. The van der Waals surface area contributed by atoms with Gasteiger partial charge in [-0.1, -0.05) is 13.3 Å². The van der Waals surface area contributed by atoms with Crippen molar-refractivity contribution in [2.45, 2.75) is 19.8 Å². The molecule has 19 heavy (non-hydrogen) atoms. The van der Waals surface area contributed by atoms with Crippen LogP contribution in [-0.4, -0.2) is 18.9 Å². The average Bonchev–Trinajstić information content (AvgIpc) is 2.36. The summed E-state index contributed by atoms with van der Waals surface area (Å²) in [4.78, 5) is 10.4. The summed E-state index contributed by atoms with van der Waals surface area (Å²) in [6, 6.07) is 1.35. The molecule has 1 rings (SSSR count). The summed E-state index contributed by atoms with van der Waals surface area (Å²) in [5, 5.41) is 3.32. The van der Waals surface area contributed by atoms with E-state index < -0.39 is 23.2 Å². The third-order valence-electron chi connectivity index (χ3n) is 2.21. The van der Waals surface area contributed by atoms with Crippen LogP contribution in [0.2, 0.25) is 0 Å². The zero-order valence-electron chi connectivity index (χ0n) is 10.5. The van der Waals surface area contributed by atoms with Crippen molar-refractivity contribution < 1.29 is 18.3 Å². The van der Waals surface area contributed by atoms with Crippen LogP contribution in [0, 0.1) is 11.6 Å². The number of halogens is 2. The van der Waals surface area contributed by atoms with Crippen LogP contribution in [0.1, 0.15) is 25.3 Å². The third kappa shape index (κ3) is 4.53. The van der Waals surface area contributed by atoms with Gasteiger partial charge in [-0.3, -0.25) is 0 Å². The Morgan fingerprint density at radius 3 is 2.89 bits per heavy atom. The highest BCUT2D eigenvalue weighted by molar-refractivity contribution is 5.82. The number of amides is 2. The molecular weight excluding hydrogens is 256 g/mol. The van der Waals surface area contributed by atoms with E-state index in [9.17, 15) is 13.6 Å². The van der Waals surface area contributed by atoms with E-state index in [2.05, 4.69) is 5.10 Å². The largest absolute Gasteiger partial charge is 0.490 e. The molecule has 0 aromatic heterocycles. The number of nitrogens with zero attached hydrogens (tertiary/aromatic N) is 1. The fraction of sp³-hybridized carbons (Fsp3) is 0.333. The van der Waals surface area contributed by atoms with Gasteiger partial charge >= 0.3 is 6.03 Å². The number of hydrogen-bond donors (Lipinski definition) is 2. The number of primary amides is 1. The van der Waals surface area contributed by atoms with Gasteiger partial charge in [-0.15, -0.1) is 0 Å². The fourth-order valence-electron chi connectivity index (χ4n) is 1.27. The Kier molecular flexibility index (Phi) is 5.72. The Labute approximate surface area is 109 Å². The van der Waals surface area contributed by atoms with Crippen molar-refractivity contribution in [2.75, 3.05) is 6.61 Å². The highest BCUT2D eigenvalue weighted by atomic mass is 19.1. The summed E-state index contributed by atoms with van der Waals surface area (Å²) in [5.41, 5.74) is 6.22. The monoisotopic (exact) mass is 271 g/mol. The van der Waals surface area contributed by atoms with Gasteiger partial charge < -0.3 is 10.5 Å². The molecule has 0 aliphatic heterocycles. The highest BCUT2D eigenvalue weighted by Gasteiger charge is 2.13. The van der Waals surface area contributed by atoms with Crippen molar-refractivity contribution in [1.29, 1.82) is 0 Å². The molecule has 0 spiro atoms. The van der Waals surface area contributed by atoms with Crippen molar-refractivity contribution in [3.8, 4) is 5.75 Å². The van der Waals surface area contributed by atoms with Crippen LogP contribution in [0.15, 0.2) is 17.2 Å². The van der Waals surface area contributed by atoms with E-state index in [0.29, 0.717) is 6.61 Å². The van der Waals surface area contributed by atoms with Gasteiger partial charge in [0.15, 0.2) is 11.6 Å². The quantitative estimate of drug-likeness (QED) is 0.472. The number of hydrazone groups is 1. The maximum Gasteiger partial charge on any atom is 0.332 e. The first-order chi connectivity index (χ1) is 9.06. The molecule has 104 valence electrons. The Morgan fingerprint density at radius 1 is 1.53 bits per heavy atom. The maximum absolute atomic E-state index is 13.9. The second-order valence-corrected chi connectivity index (χ2v) is 3.71. The first kappa shape index (κ1) is 14.9. The summed E-state index contributed by atoms with van der Waals surface area (Å²) < 4.78 is 32.5. The number of rotatable bonds is 6. The number of ether oxygens (including phenoxy) is 1. The van der Waals surface area contributed by atoms with Gasteiger partial charge in [-0.05, 0) is 18.6 Å². The van der Waals surface area contributed by atoms with Crippen molar-refractivity contribution in [2.24, 2.45) is 10.8 Å². The molecule has 3 N–H and O–H groups in total. The van der Waals surface area contributed by atoms with Gasteiger partial charge in [0.1, 0.15) is 5.82 Å². The minimum Gasteiger partial charge on any atom is -0.490 e. The summed E-state index contributed by atoms with van der Waals surface area (Å²) in [6.07, 6.45) is 2.51. The zero-order valence-corrected chi connectivity index (χ0v) is 10.5. The Hall–Kier alpha value is -2.18. The van der Waals surface area contributed by atoms with Gasteiger partial charge in [-0.2, -0.15) is 5.10 Å². The lowest BCUT2D eigenvalue weighted by Gasteiger charge is -2.08. The number of nitrogens with two attached hydrogens (primary N) is 1. The van der Waals surface area contributed by atoms with Gasteiger partial charge in [0.2, 0.25) is 0 Å². The highest BCUT2D eigenvalue weighted by Crippen LogP contribution is 2.22. The molecule has 0 aliphatic rings. The molecule has 0 radical (unpaired) electrons. The van der Waals surface area contributed by atoms with E-state index in [0.717, 1.165) is 25.1 Å². The summed E-state index contributed by atoms with van der Waals surface area (Å²) in [6.45, 7) is 2.31. The Bertz CT molecular complexity index is 478. The molecule has 0 heterocycles. The van der Waals surface area contributed by atoms with E-state index >= 15 is 0 Å². The fourth-order valence-corrected chi connectivity index (χ4v) is 1.27. The lowest BCUT2D eigenvalue weighted by atomic mass is 10.2. The SMILES string of the molecule is CCCCOc1ccc(F)c(C=NNC(N)=O)c1F.